The zero-order valence-corrected chi connectivity index (χ0v) is 13.9. The van der Waals surface area contributed by atoms with Gasteiger partial charge in [0.1, 0.15) is 0 Å². The van der Waals surface area contributed by atoms with Crippen LogP contribution in [0, 0.1) is 11.8 Å². The van der Waals surface area contributed by atoms with Gasteiger partial charge in [-0.2, -0.15) is 13.2 Å². The fraction of sp³-hybridized carbons (Fsp3) is 1.00. The SMILES string of the molecule is CCCO[C@H]1CC[C@H]([C@H]2OC[C@H](CCCC(F)(F)F)CO2)CC1. The van der Waals surface area contributed by atoms with Gasteiger partial charge >= 0.3 is 6.18 Å². The van der Waals surface area contributed by atoms with Crippen LogP contribution < -0.4 is 0 Å². The second-order valence-corrected chi connectivity index (χ2v) is 6.82. The number of hydrogen-bond donors (Lipinski definition) is 0. The Morgan fingerprint density at radius 2 is 1.70 bits per heavy atom. The molecular weight excluding hydrogens is 309 g/mol. The van der Waals surface area contributed by atoms with Gasteiger partial charge in [-0.15, -0.1) is 0 Å². The number of hydrogen-bond acceptors (Lipinski definition) is 3. The minimum absolute atomic E-state index is 0.0952. The number of halogens is 3. The minimum Gasteiger partial charge on any atom is -0.378 e. The van der Waals surface area contributed by atoms with Crippen LogP contribution in [-0.2, 0) is 14.2 Å². The largest absolute Gasteiger partial charge is 0.389 e. The van der Waals surface area contributed by atoms with Gasteiger partial charge in [0, 0.05) is 24.9 Å². The lowest BCUT2D eigenvalue weighted by Crippen LogP contribution is -2.39. The molecule has 1 aliphatic carbocycles. The lowest BCUT2D eigenvalue weighted by atomic mass is 9.86. The van der Waals surface area contributed by atoms with Crippen molar-refractivity contribution in [2.45, 2.75) is 76.9 Å². The van der Waals surface area contributed by atoms with Crippen LogP contribution in [0.5, 0.6) is 0 Å². The maximum absolute atomic E-state index is 12.2. The van der Waals surface area contributed by atoms with Crippen molar-refractivity contribution in [1.82, 2.24) is 0 Å². The molecule has 23 heavy (non-hydrogen) atoms. The quantitative estimate of drug-likeness (QED) is 0.674. The summed E-state index contributed by atoms with van der Waals surface area (Å²) in [7, 11) is 0. The molecule has 136 valence electrons. The molecule has 0 spiro atoms. The molecule has 0 unspecified atom stereocenters. The summed E-state index contributed by atoms with van der Waals surface area (Å²) >= 11 is 0. The fourth-order valence-corrected chi connectivity index (χ4v) is 3.40. The Morgan fingerprint density at radius 1 is 1.04 bits per heavy atom. The Kier molecular flexibility index (Phi) is 7.63. The van der Waals surface area contributed by atoms with E-state index in [0.717, 1.165) is 38.7 Å². The van der Waals surface area contributed by atoms with Crippen molar-refractivity contribution in [3.63, 3.8) is 0 Å². The summed E-state index contributed by atoms with van der Waals surface area (Å²) < 4.78 is 53.8. The summed E-state index contributed by atoms with van der Waals surface area (Å²) in [6.45, 7) is 3.98. The van der Waals surface area contributed by atoms with Gasteiger partial charge in [0.2, 0.25) is 0 Å². The first-order valence-corrected chi connectivity index (χ1v) is 8.89. The Morgan fingerprint density at radius 3 is 2.26 bits per heavy atom. The molecule has 0 radical (unpaired) electrons. The van der Waals surface area contributed by atoms with Crippen molar-refractivity contribution in [3.8, 4) is 0 Å². The van der Waals surface area contributed by atoms with Gasteiger partial charge in [0.05, 0.1) is 19.3 Å². The molecule has 0 N–H and O–H groups in total. The van der Waals surface area contributed by atoms with E-state index < -0.39 is 12.6 Å². The van der Waals surface area contributed by atoms with Gasteiger partial charge < -0.3 is 14.2 Å². The van der Waals surface area contributed by atoms with Gasteiger partial charge in [-0.05, 0) is 44.9 Å². The molecule has 3 nitrogen and oxygen atoms in total. The van der Waals surface area contributed by atoms with Crippen LogP contribution >= 0.6 is 0 Å². The van der Waals surface area contributed by atoms with Crippen molar-refractivity contribution in [2.75, 3.05) is 19.8 Å². The Balaban J connectivity index is 1.60. The van der Waals surface area contributed by atoms with Gasteiger partial charge in [-0.1, -0.05) is 6.92 Å². The fourth-order valence-electron chi connectivity index (χ4n) is 3.40. The summed E-state index contributed by atoms with van der Waals surface area (Å²) in [6.07, 6.45) is 1.30. The third kappa shape index (κ3) is 6.98. The van der Waals surface area contributed by atoms with Crippen molar-refractivity contribution in [2.24, 2.45) is 11.8 Å². The van der Waals surface area contributed by atoms with Crippen molar-refractivity contribution < 1.29 is 27.4 Å². The van der Waals surface area contributed by atoms with Gasteiger partial charge in [0.15, 0.2) is 6.29 Å². The van der Waals surface area contributed by atoms with Crippen LogP contribution in [0.1, 0.15) is 58.3 Å². The Bertz CT molecular complexity index is 320. The average molecular weight is 338 g/mol. The van der Waals surface area contributed by atoms with E-state index in [1.807, 2.05) is 0 Å². The predicted octanol–water partition coefficient (Wildman–Crippen LogP) is 4.69. The van der Waals surface area contributed by atoms with E-state index >= 15 is 0 Å². The molecule has 1 saturated heterocycles. The zero-order valence-electron chi connectivity index (χ0n) is 13.9. The van der Waals surface area contributed by atoms with E-state index in [4.69, 9.17) is 14.2 Å². The summed E-state index contributed by atoms with van der Waals surface area (Å²) in [5.41, 5.74) is 0. The normalized spacial score (nSPS) is 32.9. The topological polar surface area (TPSA) is 27.7 Å². The van der Waals surface area contributed by atoms with Crippen LogP contribution in [0.3, 0.4) is 0 Å². The Labute approximate surface area is 136 Å². The molecule has 0 amide bonds. The smallest absolute Gasteiger partial charge is 0.378 e. The molecule has 0 aromatic heterocycles. The third-order valence-electron chi connectivity index (χ3n) is 4.73. The van der Waals surface area contributed by atoms with Crippen LogP contribution in [0.4, 0.5) is 13.2 Å². The lowest BCUT2D eigenvalue weighted by Gasteiger charge is -2.37. The van der Waals surface area contributed by atoms with Gasteiger partial charge in [-0.25, -0.2) is 0 Å². The molecule has 0 aromatic rings. The summed E-state index contributed by atoms with van der Waals surface area (Å²) in [6, 6.07) is 0. The van der Waals surface area contributed by atoms with Crippen LogP contribution in [-0.4, -0.2) is 38.4 Å². The highest BCUT2D eigenvalue weighted by Crippen LogP contribution is 2.33. The third-order valence-corrected chi connectivity index (χ3v) is 4.73. The van der Waals surface area contributed by atoms with Crippen LogP contribution in [0.25, 0.3) is 0 Å². The molecule has 2 rings (SSSR count). The molecule has 2 fully saturated rings. The van der Waals surface area contributed by atoms with Crippen LogP contribution in [0.15, 0.2) is 0 Å². The van der Waals surface area contributed by atoms with E-state index in [9.17, 15) is 13.2 Å². The van der Waals surface area contributed by atoms with Crippen molar-refractivity contribution >= 4 is 0 Å². The summed E-state index contributed by atoms with van der Waals surface area (Å²) in [4.78, 5) is 0. The summed E-state index contributed by atoms with van der Waals surface area (Å²) in [5.74, 6) is 0.491. The maximum atomic E-state index is 12.2. The second kappa shape index (κ2) is 9.23. The number of alkyl halides is 3. The average Bonchev–Trinajstić information content (AvgIpc) is 2.53. The van der Waals surface area contributed by atoms with E-state index in [0.29, 0.717) is 31.7 Å². The first-order chi connectivity index (χ1) is 11.0. The maximum Gasteiger partial charge on any atom is 0.389 e. The predicted molar refractivity (Wildman–Crippen MR) is 81.1 cm³/mol. The highest BCUT2D eigenvalue weighted by atomic mass is 19.4. The molecule has 1 aliphatic heterocycles. The molecule has 1 heterocycles. The molecule has 1 saturated carbocycles. The zero-order chi connectivity index (χ0) is 16.7. The lowest BCUT2D eigenvalue weighted by molar-refractivity contribution is -0.232. The minimum atomic E-state index is -4.06. The van der Waals surface area contributed by atoms with Crippen LogP contribution in [0.2, 0.25) is 0 Å². The molecule has 0 aromatic carbocycles. The highest BCUT2D eigenvalue weighted by Gasteiger charge is 2.33. The van der Waals surface area contributed by atoms with E-state index in [1.54, 1.807) is 0 Å². The first kappa shape index (κ1) is 19.0. The van der Waals surface area contributed by atoms with Crippen molar-refractivity contribution in [1.29, 1.82) is 0 Å². The standard InChI is InChI=1S/C17H29F3O3/c1-2-10-21-15-7-5-14(6-8-15)16-22-11-13(12-23-16)4-3-9-17(18,19)20/h13-16H,2-12H2,1H3/t13-,14-,15-,16-. The highest BCUT2D eigenvalue weighted by molar-refractivity contribution is 4.77. The monoisotopic (exact) mass is 338 g/mol. The van der Waals surface area contributed by atoms with Gasteiger partial charge in [-0.3, -0.25) is 0 Å². The van der Waals surface area contributed by atoms with E-state index in [-0.39, 0.29) is 18.6 Å². The second-order valence-electron chi connectivity index (χ2n) is 6.82. The Hall–Kier alpha value is -0.330. The molecule has 2 aliphatic rings. The number of ether oxygens (including phenoxy) is 3. The molecule has 0 atom stereocenters. The van der Waals surface area contributed by atoms with E-state index in [2.05, 4.69) is 6.92 Å². The number of rotatable bonds is 7. The summed E-state index contributed by atoms with van der Waals surface area (Å²) in [5, 5.41) is 0. The molecular formula is C17H29F3O3. The first-order valence-electron chi connectivity index (χ1n) is 8.89. The van der Waals surface area contributed by atoms with Gasteiger partial charge in [0.25, 0.3) is 0 Å². The van der Waals surface area contributed by atoms with E-state index in [1.165, 1.54) is 0 Å². The van der Waals surface area contributed by atoms with Crippen molar-refractivity contribution in [3.05, 3.63) is 0 Å². The molecule has 6 heteroatoms. The molecule has 0 bridgehead atoms.